The average molecular weight is 220 g/mol. The van der Waals surface area contributed by atoms with E-state index in [2.05, 4.69) is 4.98 Å². The van der Waals surface area contributed by atoms with Gasteiger partial charge in [0.1, 0.15) is 6.07 Å². The Bertz CT molecular complexity index is 399. The van der Waals surface area contributed by atoms with Gasteiger partial charge in [-0.25, -0.2) is 4.98 Å². The number of pyridine rings is 1. The Morgan fingerprint density at radius 3 is 2.88 bits per heavy atom. The number of hydrogen-bond acceptors (Lipinski definition) is 5. The van der Waals surface area contributed by atoms with Gasteiger partial charge in [0.25, 0.3) is 0 Å². The van der Waals surface area contributed by atoms with E-state index < -0.39 is 0 Å². The number of nitrogens with zero attached hydrogens (tertiary/aromatic N) is 3. The molecule has 0 fully saturated rings. The fourth-order valence-corrected chi connectivity index (χ4v) is 1.39. The zero-order valence-electron chi connectivity index (χ0n) is 9.77. The van der Waals surface area contributed by atoms with Gasteiger partial charge in [0.2, 0.25) is 0 Å². The Morgan fingerprint density at radius 2 is 2.38 bits per heavy atom. The molecule has 86 valence electrons. The molecule has 1 rings (SSSR count). The molecule has 1 atom stereocenters. The first kappa shape index (κ1) is 12.3. The number of methoxy groups -OCH3 is 1. The van der Waals surface area contributed by atoms with E-state index in [1.807, 2.05) is 24.9 Å². The molecule has 1 aromatic heterocycles. The lowest BCUT2D eigenvalue weighted by atomic mass is 10.2. The molecule has 5 heteroatoms. The minimum Gasteiger partial charge on any atom is -0.396 e. The summed E-state index contributed by atoms with van der Waals surface area (Å²) in [6, 6.07) is 3.80. The number of nitrogens with two attached hydrogens (primary N) is 1. The van der Waals surface area contributed by atoms with Crippen molar-refractivity contribution in [3.05, 3.63) is 17.8 Å². The molecule has 0 saturated heterocycles. The van der Waals surface area contributed by atoms with E-state index in [-0.39, 0.29) is 6.04 Å². The average Bonchev–Trinajstić information content (AvgIpc) is 2.28. The third kappa shape index (κ3) is 2.61. The van der Waals surface area contributed by atoms with E-state index in [0.29, 0.717) is 23.7 Å². The molecular weight excluding hydrogens is 204 g/mol. The van der Waals surface area contributed by atoms with Crippen molar-refractivity contribution in [1.29, 1.82) is 5.26 Å². The van der Waals surface area contributed by atoms with E-state index in [1.165, 1.54) is 6.20 Å². The predicted octanol–water partition coefficient (Wildman–Crippen LogP) is 1.01. The van der Waals surface area contributed by atoms with Gasteiger partial charge in [-0.05, 0) is 13.0 Å². The van der Waals surface area contributed by atoms with Crippen LogP contribution in [0.1, 0.15) is 12.5 Å². The van der Waals surface area contributed by atoms with Crippen molar-refractivity contribution in [3.8, 4) is 6.07 Å². The molecule has 1 unspecified atom stereocenters. The summed E-state index contributed by atoms with van der Waals surface area (Å²) in [7, 11) is 3.55. The summed E-state index contributed by atoms with van der Waals surface area (Å²) in [5.41, 5.74) is 6.81. The number of aromatic nitrogens is 1. The summed E-state index contributed by atoms with van der Waals surface area (Å²) in [6.45, 7) is 2.61. The number of ether oxygens (including phenoxy) is 1. The largest absolute Gasteiger partial charge is 0.396 e. The molecule has 16 heavy (non-hydrogen) atoms. The third-order valence-corrected chi connectivity index (χ3v) is 2.43. The molecule has 0 aliphatic heterocycles. The highest BCUT2D eigenvalue weighted by Gasteiger charge is 2.13. The lowest BCUT2D eigenvalue weighted by Crippen LogP contribution is -2.33. The number of hydrogen-bond donors (Lipinski definition) is 1. The van der Waals surface area contributed by atoms with Gasteiger partial charge in [0.15, 0.2) is 5.82 Å². The Kier molecular flexibility index (Phi) is 4.09. The van der Waals surface area contributed by atoms with Crippen LogP contribution >= 0.6 is 0 Å². The smallest absolute Gasteiger partial charge is 0.151 e. The van der Waals surface area contributed by atoms with Gasteiger partial charge in [-0.3, -0.25) is 0 Å². The van der Waals surface area contributed by atoms with Gasteiger partial charge < -0.3 is 15.4 Å². The van der Waals surface area contributed by atoms with Crippen molar-refractivity contribution in [2.75, 3.05) is 31.4 Å². The first-order valence-electron chi connectivity index (χ1n) is 4.97. The van der Waals surface area contributed by atoms with Crippen LogP contribution in [0.4, 0.5) is 11.5 Å². The second-order valence-electron chi connectivity index (χ2n) is 3.66. The van der Waals surface area contributed by atoms with Crippen molar-refractivity contribution in [2.24, 2.45) is 0 Å². The van der Waals surface area contributed by atoms with Gasteiger partial charge in [-0.2, -0.15) is 5.26 Å². The molecule has 1 aromatic rings. The third-order valence-electron chi connectivity index (χ3n) is 2.43. The highest BCUT2D eigenvalue weighted by Crippen LogP contribution is 2.21. The van der Waals surface area contributed by atoms with Gasteiger partial charge in [0, 0.05) is 20.4 Å². The SMILES string of the molecule is COCC(C)N(C)c1ncc(C#N)cc1N. The summed E-state index contributed by atoms with van der Waals surface area (Å²) in [6.07, 6.45) is 1.52. The van der Waals surface area contributed by atoms with Crippen LogP contribution < -0.4 is 10.6 Å². The molecule has 0 bridgehead atoms. The van der Waals surface area contributed by atoms with E-state index >= 15 is 0 Å². The first-order valence-corrected chi connectivity index (χ1v) is 4.97. The van der Waals surface area contributed by atoms with Crippen LogP contribution in [-0.4, -0.2) is 31.8 Å². The second-order valence-corrected chi connectivity index (χ2v) is 3.66. The number of rotatable bonds is 4. The lowest BCUT2D eigenvalue weighted by molar-refractivity contribution is 0.183. The highest BCUT2D eigenvalue weighted by atomic mass is 16.5. The van der Waals surface area contributed by atoms with Crippen molar-refractivity contribution in [2.45, 2.75) is 13.0 Å². The maximum Gasteiger partial charge on any atom is 0.151 e. The van der Waals surface area contributed by atoms with Crippen molar-refractivity contribution < 1.29 is 4.74 Å². The van der Waals surface area contributed by atoms with Crippen LogP contribution in [0, 0.1) is 11.3 Å². The van der Waals surface area contributed by atoms with Gasteiger partial charge >= 0.3 is 0 Å². The minimum atomic E-state index is 0.174. The standard InChI is InChI=1S/C11H16N4O/c1-8(7-16-3)15(2)11-10(13)4-9(5-12)6-14-11/h4,6,8H,7,13H2,1-3H3. The molecule has 0 radical (unpaired) electrons. The van der Waals surface area contributed by atoms with Crippen LogP contribution in [0.3, 0.4) is 0 Å². The zero-order chi connectivity index (χ0) is 12.1. The molecule has 0 aliphatic carbocycles. The topological polar surface area (TPSA) is 75.2 Å². The van der Waals surface area contributed by atoms with Crippen LogP contribution in [-0.2, 0) is 4.74 Å². The molecular formula is C11H16N4O. The second kappa shape index (κ2) is 5.33. The Hall–Kier alpha value is -1.80. The van der Waals surface area contributed by atoms with E-state index in [4.69, 9.17) is 15.7 Å². The Balaban J connectivity index is 2.92. The molecule has 5 nitrogen and oxygen atoms in total. The maximum atomic E-state index is 8.71. The summed E-state index contributed by atoms with van der Waals surface area (Å²) in [5, 5.41) is 8.71. The summed E-state index contributed by atoms with van der Waals surface area (Å²) in [4.78, 5) is 6.11. The Morgan fingerprint density at radius 1 is 1.69 bits per heavy atom. The number of anilines is 2. The summed E-state index contributed by atoms with van der Waals surface area (Å²) < 4.78 is 5.07. The van der Waals surface area contributed by atoms with Gasteiger partial charge in [0.05, 0.1) is 23.9 Å². The molecule has 2 N–H and O–H groups in total. The molecule has 0 aliphatic rings. The van der Waals surface area contributed by atoms with E-state index in [0.717, 1.165) is 0 Å². The number of nitriles is 1. The monoisotopic (exact) mass is 220 g/mol. The first-order chi connectivity index (χ1) is 7.60. The normalized spacial score (nSPS) is 11.9. The molecule has 1 heterocycles. The quantitative estimate of drug-likeness (QED) is 0.819. The zero-order valence-corrected chi connectivity index (χ0v) is 9.77. The van der Waals surface area contributed by atoms with Crippen molar-refractivity contribution in [1.82, 2.24) is 4.98 Å². The molecule has 0 spiro atoms. The number of likely N-dealkylation sites (N-methyl/N-ethyl adjacent to an activating group) is 1. The highest BCUT2D eigenvalue weighted by molar-refractivity contribution is 5.64. The van der Waals surface area contributed by atoms with Crippen molar-refractivity contribution >= 4 is 11.5 Å². The maximum absolute atomic E-state index is 8.71. The van der Waals surface area contributed by atoms with Crippen LogP contribution in [0.15, 0.2) is 12.3 Å². The summed E-state index contributed by atoms with van der Waals surface area (Å²) in [5.74, 6) is 0.670. The fraction of sp³-hybridized carbons (Fsp3) is 0.455. The van der Waals surface area contributed by atoms with Gasteiger partial charge in [-0.15, -0.1) is 0 Å². The molecule has 0 saturated carbocycles. The summed E-state index contributed by atoms with van der Waals surface area (Å²) >= 11 is 0. The van der Waals surface area contributed by atoms with Crippen LogP contribution in [0.2, 0.25) is 0 Å². The van der Waals surface area contributed by atoms with Crippen LogP contribution in [0.5, 0.6) is 0 Å². The lowest BCUT2D eigenvalue weighted by Gasteiger charge is -2.26. The molecule has 0 amide bonds. The fourth-order valence-electron chi connectivity index (χ4n) is 1.39. The predicted molar refractivity (Wildman–Crippen MR) is 63.1 cm³/mol. The molecule has 0 aromatic carbocycles. The minimum absolute atomic E-state index is 0.174. The van der Waals surface area contributed by atoms with Gasteiger partial charge in [-0.1, -0.05) is 0 Å². The number of nitrogen functional groups attached to an aromatic ring is 1. The van der Waals surface area contributed by atoms with Crippen molar-refractivity contribution in [3.63, 3.8) is 0 Å². The van der Waals surface area contributed by atoms with E-state index in [1.54, 1.807) is 13.2 Å². The Labute approximate surface area is 95.4 Å². The van der Waals surface area contributed by atoms with Crippen LogP contribution in [0.25, 0.3) is 0 Å². The van der Waals surface area contributed by atoms with E-state index in [9.17, 15) is 0 Å².